The van der Waals surface area contributed by atoms with Crippen LogP contribution in [0.2, 0.25) is 18.6 Å². The minimum Gasteiger partial charge on any atom is -0.135 e. The zero-order valence-electron chi connectivity index (χ0n) is 5.41. The molecular weight excluding hydrogens is 112 g/mol. The molecule has 0 bridgehead atoms. The third kappa shape index (κ3) is 0.950. The summed E-state index contributed by atoms with van der Waals surface area (Å²) < 4.78 is 0. The molecule has 0 saturated carbocycles. The monoisotopic (exact) mass is 124 g/mol. The molecule has 0 atom stereocenters. The Morgan fingerprint density at radius 1 is 1.38 bits per heavy atom. The van der Waals surface area contributed by atoms with Crippen LogP contribution >= 0.6 is 0 Å². The van der Waals surface area contributed by atoms with E-state index in [0.29, 0.717) is 0 Å². The van der Waals surface area contributed by atoms with Gasteiger partial charge in [-0.1, -0.05) is 19.4 Å². The van der Waals surface area contributed by atoms with Gasteiger partial charge in [-0.05, 0) is 12.1 Å². The summed E-state index contributed by atoms with van der Waals surface area (Å²) in [6, 6.07) is 2.76. The Labute approximate surface area is 52.3 Å². The van der Waals surface area contributed by atoms with E-state index in [0.717, 1.165) is 0 Å². The number of hydrogen-bond donors (Lipinski definition) is 0. The van der Waals surface area contributed by atoms with Gasteiger partial charge < -0.3 is 0 Å². The smallest absolute Gasteiger partial charge is 0.135 e. The average Bonchev–Trinajstić information content (AvgIpc) is 2.17. The van der Waals surface area contributed by atoms with Gasteiger partial charge in [0.25, 0.3) is 0 Å². The molecule has 0 aromatic heterocycles. The van der Waals surface area contributed by atoms with Crippen molar-refractivity contribution in [3.63, 3.8) is 0 Å². The van der Waals surface area contributed by atoms with Crippen molar-refractivity contribution in [2.75, 3.05) is 0 Å². The highest BCUT2D eigenvalue weighted by molar-refractivity contribution is 6.86. The molecule has 0 nitrogen and oxygen atoms in total. The molecule has 1 aliphatic rings. The highest BCUT2D eigenvalue weighted by atomic mass is 28.3. The zero-order chi connectivity index (χ0) is 6.04. The van der Waals surface area contributed by atoms with E-state index in [2.05, 4.69) is 12.1 Å². The topological polar surface area (TPSA) is 0 Å². The quantitative estimate of drug-likeness (QED) is 0.342. The molecule has 1 heteroatoms. The summed E-state index contributed by atoms with van der Waals surface area (Å²) in [6.07, 6.45) is 8.17. The van der Waals surface area contributed by atoms with Crippen LogP contribution in [0.5, 0.6) is 0 Å². The Kier molecular flexibility index (Phi) is 1.44. The van der Waals surface area contributed by atoms with Gasteiger partial charge in [0.05, 0.1) is 0 Å². The van der Waals surface area contributed by atoms with Crippen LogP contribution in [0.3, 0.4) is 0 Å². The van der Waals surface area contributed by atoms with E-state index in [-0.39, 0.29) is 0 Å². The number of hydrogen-bond acceptors (Lipinski definition) is 0. The number of rotatable bonds is 0. The molecule has 1 fully saturated rings. The van der Waals surface area contributed by atoms with Crippen molar-refractivity contribution in [2.45, 2.75) is 31.5 Å². The standard InChI is InChI=1S/C7H12Si/c1-3-8(2)6-4-5-7-8/h1H,4-7H2,2H3. The van der Waals surface area contributed by atoms with Gasteiger partial charge in [0.2, 0.25) is 0 Å². The first-order valence-corrected chi connectivity index (χ1v) is 6.16. The molecule has 0 N–H and O–H groups in total. The summed E-state index contributed by atoms with van der Waals surface area (Å²) in [5, 5.41) is 0. The molecule has 0 aliphatic carbocycles. The molecule has 1 saturated heterocycles. The summed E-state index contributed by atoms with van der Waals surface area (Å²) in [6.45, 7) is 2.32. The zero-order valence-corrected chi connectivity index (χ0v) is 6.41. The van der Waals surface area contributed by atoms with Crippen LogP contribution in [-0.2, 0) is 0 Å². The van der Waals surface area contributed by atoms with Crippen LogP contribution in [0.4, 0.5) is 0 Å². The summed E-state index contributed by atoms with van der Waals surface area (Å²) >= 11 is 0. The molecule has 1 rings (SSSR count). The van der Waals surface area contributed by atoms with Gasteiger partial charge in [0, 0.05) is 0 Å². The first-order valence-electron chi connectivity index (χ1n) is 3.25. The van der Waals surface area contributed by atoms with Crippen LogP contribution in [0.1, 0.15) is 12.8 Å². The SMILES string of the molecule is C#C[Si]1(C)CCCC1. The van der Waals surface area contributed by atoms with Crippen molar-refractivity contribution in [3.05, 3.63) is 0 Å². The maximum absolute atomic E-state index is 5.38. The van der Waals surface area contributed by atoms with Crippen LogP contribution in [0.15, 0.2) is 0 Å². The van der Waals surface area contributed by atoms with E-state index in [1.807, 2.05) is 0 Å². The fraction of sp³-hybridized carbons (Fsp3) is 0.714. The molecule has 0 aromatic carbocycles. The van der Waals surface area contributed by atoms with Crippen LogP contribution < -0.4 is 0 Å². The summed E-state index contributed by atoms with van der Waals surface area (Å²) in [5.41, 5.74) is 2.98. The Morgan fingerprint density at radius 3 is 2.12 bits per heavy atom. The predicted octanol–water partition coefficient (Wildman–Crippen LogP) is 2.03. The second-order valence-electron chi connectivity index (χ2n) is 2.91. The Hall–Kier alpha value is -0.223. The molecule has 1 heterocycles. The van der Waals surface area contributed by atoms with Crippen molar-refractivity contribution in [2.24, 2.45) is 0 Å². The molecule has 0 amide bonds. The highest BCUT2D eigenvalue weighted by Gasteiger charge is 2.28. The Bertz CT molecular complexity index is 115. The van der Waals surface area contributed by atoms with E-state index < -0.39 is 8.07 Å². The van der Waals surface area contributed by atoms with E-state index in [9.17, 15) is 0 Å². The minimum absolute atomic E-state index is 1.03. The molecule has 0 radical (unpaired) electrons. The molecule has 0 unspecified atom stereocenters. The van der Waals surface area contributed by atoms with Crippen molar-refractivity contribution in [1.82, 2.24) is 0 Å². The minimum atomic E-state index is -1.03. The maximum Gasteiger partial charge on any atom is 0.135 e. The van der Waals surface area contributed by atoms with Crippen molar-refractivity contribution >= 4 is 8.07 Å². The lowest BCUT2D eigenvalue weighted by molar-refractivity contribution is 0.935. The van der Waals surface area contributed by atoms with Crippen molar-refractivity contribution < 1.29 is 0 Å². The molecule has 8 heavy (non-hydrogen) atoms. The Morgan fingerprint density at radius 2 is 1.88 bits per heavy atom. The van der Waals surface area contributed by atoms with E-state index in [1.54, 1.807) is 0 Å². The van der Waals surface area contributed by atoms with E-state index in [4.69, 9.17) is 6.42 Å². The summed E-state index contributed by atoms with van der Waals surface area (Å²) in [4.78, 5) is 0. The lowest BCUT2D eigenvalue weighted by Gasteiger charge is -2.09. The molecule has 1 aliphatic heterocycles. The molecule has 0 spiro atoms. The van der Waals surface area contributed by atoms with Gasteiger partial charge in [0.1, 0.15) is 8.07 Å². The van der Waals surface area contributed by atoms with Crippen molar-refractivity contribution in [1.29, 1.82) is 0 Å². The fourth-order valence-electron chi connectivity index (χ4n) is 1.30. The van der Waals surface area contributed by atoms with Gasteiger partial charge in [-0.3, -0.25) is 0 Å². The van der Waals surface area contributed by atoms with E-state index >= 15 is 0 Å². The van der Waals surface area contributed by atoms with Crippen LogP contribution in [0.25, 0.3) is 0 Å². The van der Waals surface area contributed by atoms with Gasteiger partial charge >= 0.3 is 0 Å². The molecular formula is C7H12Si. The second kappa shape index (κ2) is 1.95. The number of terminal acetylenes is 1. The van der Waals surface area contributed by atoms with Crippen LogP contribution in [0, 0.1) is 12.0 Å². The molecule has 44 valence electrons. The first-order chi connectivity index (χ1) is 3.77. The lowest BCUT2D eigenvalue weighted by Crippen LogP contribution is -2.21. The third-order valence-electron chi connectivity index (χ3n) is 2.06. The summed E-state index contributed by atoms with van der Waals surface area (Å²) in [7, 11) is -1.03. The third-order valence-corrected chi connectivity index (χ3v) is 5.67. The Balaban J connectivity index is 2.56. The highest BCUT2D eigenvalue weighted by Crippen LogP contribution is 2.28. The van der Waals surface area contributed by atoms with Crippen LogP contribution in [-0.4, -0.2) is 8.07 Å². The van der Waals surface area contributed by atoms with E-state index in [1.165, 1.54) is 24.9 Å². The van der Waals surface area contributed by atoms with Gasteiger partial charge in [0.15, 0.2) is 0 Å². The average molecular weight is 124 g/mol. The van der Waals surface area contributed by atoms with Gasteiger partial charge in [-0.15, -0.1) is 12.0 Å². The normalized spacial score (nSPS) is 25.0. The predicted molar refractivity (Wildman–Crippen MR) is 39.3 cm³/mol. The summed E-state index contributed by atoms with van der Waals surface area (Å²) in [5.74, 6) is 0. The fourth-order valence-corrected chi connectivity index (χ4v) is 3.90. The maximum atomic E-state index is 5.38. The molecule has 0 aromatic rings. The lowest BCUT2D eigenvalue weighted by atomic mass is 10.4. The largest absolute Gasteiger partial charge is 0.135 e. The van der Waals surface area contributed by atoms with Crippen molar-refractivity contribution in [3.8, 4) is 12.0 Å². The first kappa shape index (κ1) is 5.91. The van der Waals surface area contributed by atoms with Gasteiger partial charge in [-0.2, -0.15) is 0 Å². The second-order valence-corrected chi connectivity index (χ2v) is 7.32. The van der Waals surface area contributed by atoms with Gasteiger partial charge in [-0.25, -0.2) is 0 Å².